The molecule has 11 atom stereocenters. The summed E-state index contributed by atoms with van der Waals surface area (Å²) < 4.78 is 42.1. The van der Waals surface area contributed by atoms with Crippen molar-refractivity contribution in [3.63, 3.8) is 0 Å². The van der Waals surface area contributed by atoms with Gasteiger partial charge in [0.2, 0.25) is 0 Å². The average molecular weight is 579 g/mol. The van der Waals surface area contributed by atoms with Crippen LogP contribution in [0.15, 0.2) is 11.6 Å². The summed E-state index contributed by atoms with van der Waals surface area (Å²) in [5, 5.41) is 0. The minimum atomic E-state index is -1.47. The molecule has 0 aromatic carbocycles. The van der Waals surface area contributed by atoms with E-state index >= 15 is 0 Å². The summed E-state index contributed by atoms with van der Waals surface area (Å²) in [6.07, 6.45) is -3.31. The number of carbonyl (C=O) groups is 5. The molecule has 4 fully saturated rings. The molecule has 0 radical (unpaired) electrons. The Morgan fingerprint density at radius 1 is 0.927 bits per heavy atom. The third-order valence-electron chi connectivity index (χ3n) is 9.75. The van der Waals surface area contributed by atoms with Gasteiger partial charge in [-0.05, 0) is 32.4 Å². The standard InChI is InChI=1S/C29H38O12/c1-9-22(33)38-18-11-17(35-14(3)30)13(2)10-21-29(28(8,41-29)25(34)39-21)24(37-16(5)32)23-26(18,6)19(36-15(4)31)12-20-27(23,7)40-20/h10,17-21,23-24H,9,11-12H2,1-8H3. The second-order valence-corrected chi connectivity index (χ2v) is 12.3. The number of rotatable bonds is 5. The second-order valence-electron chi connectivity index (χ2n) is 12.3. The molecular weight excluding hydrogens is 540 g/mol. The number of ether oxygens (including phenoxy) is 7. The number of epoxide rings is 2. The molecule has 12 nitrogen and oxygen atoms in total. The van der Waals surface area contributed by atoms with Crippen LogP contribution in [-0.4, -0.2) is 83.3 Å². The summed E-state index contributed by atoms with van der Waals surface area (Å²) in [6.45, 7) is 12.4. The van der Waals surface area contributed by atoms with Crippen molar-refractivity contribution in [1.29, 1.82) is 0 Å². The molecule has 3 heterocycles. The Labute approximate surface area is 238 Å². The molecule has 0 N–H and O–H groups in total. The third kappa shape index (κ3) is 4.28. The van der Waals surface area contributed by atoms with Gasteiger partial charge in [-0.3, -0.25) is 19.2 Å². The molecule has 3 aliphatic heterocycles. The van der Waals surface area contributed by atoms with Gasteiger partial charge in [-0.15, -0.1) is 0 Å². The topological polar surface area (TPSA) is 157 Å². The molecule has 11 unspecified atom stereocenters. The van der Waals surface area contributed by atoms with Crippen LogP contribution < -0.4 is 0 Å². The molecule has 1 spiro atoms. The SMILES string of the molecule is CCC(=O)OC1CC(OC(C)=O)C(C)=CC2OC(=O)C3(C)OC23C(OC(C)=O)C2C3(C)OC3CC(OC(C)=O)C12C. The highest BCUT2D eigenvalue weighted by Gasteiger charge is 2.89. The molecule has 41 heavy (non-hydrogen) atoms. The number of fused-ring (bicyclic) bond motifs is 3. The zero-order valence-corrected chi connectivity index (χ0v) is 24.6. The maximum absolute atomic E-state index is 13.2. The first-order chi connectivity index (χ1) is 19.0. The van der Waals surface area contributed by atoms with E-state index in [-0.39, 0.29) is 25.4 Å². The Kier molecular flexibility index (Phi) is 6.85. The molecule has 1 saturated carbocycles. The fourth-order valence-corrected chi connectivity index (χ4v) is 7.63. The quantitative estimate of drug-likeness (QED) is 0.203. The van der Waals surface area contributed by atoms with Gasteiger partial charge < -0.3 is 33.2 Å². The molecule has 3 saturated heterocycles. The van der Waals surface area contributed by atoms with Crippen molar-refractivity contribution in [3.8, 4) is 0 Å². The Morgan fingerprint density at radius 3 is 2.10 bits per heavy atom. The fraction of sp³-hybridized carbons (Fsp3) is 0.759. The zero-order chi connectivity index (χ0) is 30.3. The molecule has 0 aromatic heterocycles. The van der Waals surface area contributed by atoms with E-state index in [0.717, 1.165) is 0 Å². The van der Waals surface area contributed by atoms with Gasteiger partial charge in [-0.1, -0.05) is 13.8 Å². The molecule has 5 rings (SSSR count). The van der Waals surface area contributed by atoms with Crippen LogP contribution in [0.2, 0.25) is 0 Å². The molecule has 0 aromatic rings. The summed E-state index contributed by atoms with van der Waals surface area (Å²) >= 11 is 0. The van der Waals surface area contributed by atoms with Crippen LogP contribution in [0, 0.1) is 11.3 Å². The van der Waals surface area contributed by atoms with E-state index < -0.39 is 88.5 Å². The third-order valence-corrected chi connectivity index (χ3v) is 9.75. The molecule has 2 aliphatic carbocycles. The zero-order valence-electron chi connectivity index (χ0n) is 24.6. The Morgan fingerprint density at radius 2 is 1.54 bits per heavy atom. The van der Waals surface area contributed by atoms with Gasteiger partial charge in [0.05, 0.1) is 17.1 Å². The lowest BCUT2D eigenvalue weighted by Crippen LogP contribution is -2.66. The van der Waals surface area contributed by atoms with Gasteiger partial charge in [0.1, 0.15) is 24.4 Å². The summed E-state index contributed by atoms with van der Waals surface area (Å²) in [7, 11) is 0. The molecule has 5 aliphatic rings. The second kappa shape index (κ2) is 9.52. The van der Waals surface area contributed by atoms with Crippen LogP contribution in [0.5, 0.6) is 0 Å². The van der Waals surface area contributed by atoms with E-state index in [1.165, 1.54) is 20.8 Å². The van der Waals surface area contributed by atoms with Gasteiger partial charge >= 0.3 is 29.8 Å². The molecule has 0 amide bonds. The largest absolute Gasteiger partial charge is 0.462 e. The highest BCUT2D eigenvalue weighted by atomic mass is 16.7. The van der Waals surface area contributed by atoms with Gasteiger partial charge in [-0.25, -0.2) is 4.79 Å². The maximum Gasteiger partial charge on any atom is 0.342 e. The first-order valence-corrected chi connectivity index (χ1v) is 14.0. The smallest absolute Gasteiger partial charge is 0.342 e. The predicted octanol–water partition coefficient (Wildman–Crippen LogP) is 2.09. The molecule has 226 valence electrons. The van der Waals surface area contributed by atoms with Crippen molar-refractivity contribution in [3.05, 3.63) is 11.6 Å². The number of carbonyl (C=O) groups excluding carboxylic acids is 5. The fourth-order valence-electron chi connectivity index (χ4n) is 7.63. The van der Waals surface area contributed by atoms with Crippen LogP contribution in [-0.2, 0) is 57.1 Å². The highest BCUT2D eigenvalue weighted by molar-refractivity contribution is 5.89. The summed E-state index contributed by atoms with van der Waals surface area (Å²) in [5.41, 5.74) is -4.62. The van der Waals surface area contributed by atoms with Crippen molar-refractivity contribution >= 4 is 29.8 Å². The first-order valence-electron chi connectivity index (χ1n) is 14.0. The van der Waals surface area contributed by atoms with Crippen LogP contribution in [0.4, 0.5) is 0 Å². The number of esters is 5. The van der Waals surface area contributed by atoms with Gasteiger partial charge in [0.25, 0.3) is 0 Å². The molecular formula is C29H38O12. The predicted molar refractivity (Wildman–Crippen MR) is 137 cm³/mol. The first kappa shape index (κ1) is 29.5. The summed E-state index contributed by atoms with van der Waals surface area (Å²) in [4.78, 5) is 63.5. The van der Waals surface area contributed by atoms with Crippen LogP contribution >= 0.6 is 0 Å². The van der Waals surface area contributed by atoms with E-state index in [4.69, 9.17) is 33.2 Å². The van der Waals surface area contributed by atoms with Crippen molar-refractivity contribution < 1.29 is 57.1 Å². The van der Waals surface area contributed by atoms with Crippen LogP contribution in [0.3, 0.4) is 0 Å². The van der Waals surface area contributed by atoms with Crippen LogP contribution in [0.1, 0.15) is 74.7 Å². The highest BCUT2D eigenvalue weighted by Crippen LogP contribution is 2.69. The Bertz CT molecular complexity index is 1230. The lowest BCUT2D eigenvalue weighted by atomic mass is 9.53. The van der Waals surface area contributed by atoms with E-state index in [1.807, 2.05) is 6.92 Å². The van der Waals surface area contributed by atoms with E-state index in [0.29, 0.717) is 5.57 Å². The van der Waals surface area contributed by atoms with Gasteiger partial charge in [-0.2, -0.15) is 0 Å². The molecule has 0 bridgehead atoms. The average Bonchev–Trinajstić information content (AvgIpc) is 3.70. The lowest BCUT2D eigenvalue weighted by molar-refractivity contribution is -0.216. The molecule has 12 heteroatoms. The van der Waals surface area contributed by atoms with E-state index in [9.17, 15) is 24.0 Å². The summed E-state index contributed by atoms with van der Waals surface area (Å²) in [6, 6.07) is 0. The summed E-state index contributed by atoms with van der Waals surface area (Å²) in [5.74, 6) is -3.73. The number of hydrogen-bond donors (Lipinski definition) is 0. The lowest BCUT2D eigenvalue weighted by Gasteiger charge is -2.54. The van der Waals surface area contributed by atoms with E-state index in [2.05, 4.69) is 0 Å². The minimum Gasteiger partial charge on any atom is -0.462 e. The van der Waals surface area contributed by atoms with Crippen molar-refractivity contribution in [2.24, 2.45) is 11.3 Å². The van der Waals surface area contributed by atoms with Crippen LogP contribution in [0.25, 0.3) is 0 Å². The Hall–Kier alpha value is -2.99. The Balaban J connectivity index is 1.79. The van der Waals surface area contributed by atoms with Crippen molar-refractivity contribution in [1.82, 2.24) is 0 Å². The van der Waals surface area contributed by atoms with Gasteiger partial charge in [0, 0.05) is 46.0 Å². The number of hydrogen-bond acceptors (Lipinski definition) is 12. The normalized spacial score (nSPS) is 45.7. The van der Waals surface area contributed by atoms with E-state index in [1.54, 1.807) is 33.8 Å². The van der Waals surface area contributed by atoms with Crippen molar-refractivity contribution in [2.75, 3.05) is 0 Å². The minimum absolute atomic E-state index is 0.00223. The van der Waals surface area contributed by atoms with Gasteiger partial charge in [0.15, 0.2) is 17.3 Å². The monoisotopic (exact) mass is 578 g/mol. The van der Waals surface area contributed by atoms with Crippen molar-refractivity contribution in [2.45, 2.75) is 128 Å². The maximum atomic E-state index is 13.2.